The molecule has 1 aliphatic rings. The normalized spacial score (nSPS) is 16.4. The molecule has 3 rings (SSSR count). The van der Waals surface area contributed by atoms with Gasteiger partial charge in [0.1, 0.15) is 6.04 Å². The predicted octanol–water partition coefficient (Wildman–Crippen LogP) is 4.15. The topological polar surface area (TPSA) is 59.4 Å². The molecule has 1 unspecified atom stereocenters. The lowest BCUT2D eigenvalue weighted by Crippen LogP contribution is -2.42. The second-order valence-electron chi connectivity index (χ2n) is 6.54. The summed E-state index contributed by atoms with van der Waals surface area (Å²) in [5.74, 6) is 0. The number of halogens is 4. The molecule has 10 heteroatoms. The third-order valence-electron chi connectivity index (χ3n) is 4.56. The number of hydrogen-bond acceptors (Lipinski definition) is 3. The van der Waals surface area contributed by atoms with Gasteiger partial charge in [-0.2, -0.15) is 17.5 Å². The van der Waals surface area contributed by atoms with Crippen molar-refractivity contribution in [3.8, 4) is 0 Å². The summed E-state index contributed by atoms with van der Waals surface area (Å²) in [5.41, 5.74) is -0.802. The quantitative estimate of drug-likeness (QED) is 0.686. The molecular formula is C18H18ClF3N2O3S. The third kappa shape index (κ3) is 4.11. The first-order valence-electron chi connectivity index (χ1n) is 8.62. The minimum atomic E-state index is -4.86. The highest BCUT2D eigenvalue weighted by atomic mass is 35.5. The van der Waals surface area contributed by atoms with Gasteiger partial charge in [0, 0.05) is 29.9 Å². The fourth-order valence-corrected chi connectivity index (χ4v) is 4.81. The highest BCUT2D eigenvalue weighted by molar-refractivity contribution is 7.89. The zero-order valence-corrected chi connectivity index (χ0v) is 16.4. The summed E-state index contributed by atoms with van der Waals surface area (Å²) in [6.45, 7) is 0.887. The lowest BCUT2D eigenvalue weighted by molar-refractivity contribution is -0.173. The Morgan fingerprint density at radius 3 is 2.29 bits per heavy atom. The van der Waals surface area contributed by atoms with Gasteiger partial charge in [-0.25, -0.2) is 8.42 Å². The van der Waals surface area contributed by atoms with Crippen LogP contribution in [0.2, 0.25) is 5.02 Å². The summed E-state index contributed by atoms with van der Waals surface area (Å²) in [6, 6.07) is 4.51. The molecule has 5 nitrogen and oxygen atoms in total. The summed E-state index contributed by atoms with van der Waals surface area (Å²) in [5, 5.41) is 0.235. The van der Waals surface area contributed by atoms with Gasteiger partial charge in [0.15, 0.2) is 0 Å². The van der Waals surface area contributed by atoms with E-state index in [0.717, 1.165) is 31.0 Å². The van der Waals surface area contributed by atoms with E-state index in [4.69, 9.17) is 11.6 Å². The molecule has 1 saturated carbocycles. The molecule has 0 saturated heterocycles. The molecule has 0 amide bonds. The standard InChI is InChI=1S/C18H18ClF3N2O3S/c1-2-24(17(18(20,21)22)12-3-5-13(19)6-4-12)28(26,27)15-9-10-23(14-7-8-14)16(25)11-15/h3-6,9-11,14,17H,2,7-8H2,1H3. The van der Waals surface area contributed by atoms with Crippen LogP contribution in [0, 0.1) is 0 Å². The minimum Gasteiger partial charge on any atom is -0.312 e. The molecule has 1 heterocycles. The van der Waals surface area contributed by atoms with Gasteiger partial charge in [-0.05, 0) is 36.6 Å². The second kappa shape index (κ2) is 7.53. The van der Waals surface area contributed by atoms with Crippen molar-refractivity contribution in [1.29, 1.82) is 0 Å². The predicted molar refractivity (Wildman–Crippen MR) is 98.8 cm³/mol. The van der Waals surface area contributed by atoms with Gasteiger partial charge < -0.3 is 4.57 Å². The Labute approximate surface area is 165 Å². The summed E-state index contributed by atoms with van der Waals surface area (Å²) < 4.78 is 69.3. The molecule has 0 aliphatic heterocycles. The van der Waals surface area contributed by atoms with E-state index in [9.17, 15) is 26.4 Å². The number of pyridine rings is 1. The molecule has 0 bridgehead atoms. The zero-order chi connectivity index (χ0) is 20.7. The maximum Gasteiger partial charge on any atom is 0.409 e. The Morgan fingerprint density at radius 1 is 1.21 bits per heavy atom. The van der Waals surface area contributed by atoms with Crippen LogP contribution in [0.15, 0.2) is 52.3 Å². The van der Waals surface area contributed by atoms with Crippen molar-refractivity contribution in [2.45, 2.75) is 42.9 Å². The van der Waals surface area contributed by atoms with Gasteiger partial charge in [-0.3, -0.25) is 4.79 Å². The highest BCUT2D eigenvalue weighted by Crippen LogP contribution is 2.40. The van der Waals surface area contributed by atoms with Gasteiger partial charge in [0.05, 0.1) is 4.90 Å². The van der Waals surface area contributed by atoms with Crippen LogP contribution in [-0.2, 0) is 10.0 Å². The summed E-state index contributed by atoms with van der Waals surface area (Å²) in [6.07, 6.45) is -1.90. The molecule has 28 heavy (non-hydrogen) atoms. The Balaban J connectivity index is 2.06. The molecule has 0 spiro atoms. The van der Waals surface area contributed by atoms with E-state index in [1.54, 1.807) is 0 Å². The average Bonchev–Trinajstić information content (AvgIpc) is 3.44. The van der Waals surface area contributed by atoms with E-state index in [0.29, 0.717) is 4.31 Å². The number of aromatic nitrogens is 1. The van der Waals surface area contributed by atoms with Crippen LogP contribution < -0.4 is 5.56 Å². The molecule has 1 atom stereocenters. The van der Waals surface area contributed by atoms with Crippen molar-refractivity contribution < 1.29 is 21.6 Å². The Bertz CT molecular complexity index is 1020. The SMILES string of the molecule is CCN(C(c1ccc(Cl)cc1)C(F)(F)F)S(=O)(=O)c1ccn(C2CC2)c(=O)c1. The van der Waals surface area contributed by atoms with Crippen molar-refractivity contribution in [3.63, 3.8) is 0 Å². The van der Waals surface area contributed by atoms with Crippen molar-refractivity contribution in [3.05, 3.63) is 63.5 Å². The van der Waals surface area contributed by atoms with E-state index in [1.807, 2.05) is 0 Å². The van der Waals surface area contributed by atoms with Crippen LogP contribution in [0.5, 0.6) is 0 Å². The van der Waals surface area contributed by atoms with Gasteiger partial charge in [-0.1, -0.05) is 30.7 Å². The fraction of sp³-hybridized carbons (Fsp3) is 0.389. The Hall–Kier alpha value is -1.84. The first-order chi connectivity index (χ1) is 13.1. The van der Waals surface area contributed by atoms with E-state index >= 15 is 0 Å². The maximum absolute atomic E-state index is 13.8. The molecule has 1 aromatic heterocycles. The number of benzene rings is 1. The van der Waals surface area contributed by atoms with E-state index < -0.39 is 39.2 Å². The van der Waals surface area contributed by atoms with Crippen LogP contribution in [-0.4, -0.2) is 30.0 Å². The van der Waals surface area contributed by atoms with Crippen LogP contribution in [0.25, 0.3) is 0 Å². The smallest absolute Gasteiger partial charge is 0.312 e. The van der Waals surface area contributed by atoms with Gasteiger partial charge in [0.25, 0.3) is 5.56 Å². The number of alkyl halides is 3. The van der Waals surface area contributed by atoms with Crippen LogP contribution >= 0.6 is 11.6 Å². The van der Waals surface area contributed by atoms with Crippen molar-refractivity contribution in [2.24, 2.45) is 0 Å². The largest absolute Gasteiger partial charge is 0.409 e. The summed E-state index contributed by atoms with van der Waals surface area (Å²) >= 11 is 5.74. The first-order valence-corrected chi connectivity index (χ1v) is 10.4. The minimum absolute atomic E-state index is 0.0310. The highest BCUT2D eigenvalue weighted by Gasteiger charge is 2.48. The molecule has 152 valence electrons. The fourth-order valence-electron chi connectivity index (χ4n) is 3.08. The number of sulfonamides is 1. The molecular weight excluding hydrogens is 417 g/mol. The molecule has 1 aromatic carbocycles. The van der Waals surface area contributed by atoms with Crippen molar-refractivity contribution in [1.82, 2.24) is 8.87 Å². The van der Waals surface area contributed by atoms with Crippen LogP contribution in [0.3, 0.4) is 0 Å². The van der Waals surface area contributed by atoms with Crippen LogP contribution in [0.1, 0.15) is 37.4 Å². The van der Waals surface area contributed by atoms with E-state index in [1.165, 1.54) is 35.9 Å². The molecule has 0 N–H and O–H groups in total. The molecule has 1 fully saturated rings. The lowest BCUT2D eigenvalue weighted by atomic mass is 10.1. The summed E-state index contributed by atoms with van der Waals surface area (Å²) in [4.78, 5) is 11.7. The maximum atomic E-state index is 13.8. The van der Waals surface area contributed by atoms with Crippen molar-refractivity contribution in [2.75, 3.05) is 6.54 Å². The van der Waals surface area contributed by atoms with E-state index in [-0.39, 0.29) is 16.6 Å². The monoisotopic (exact) mass is 434 g/mol. The number of nitrogens with zero attached hydrogens (tertiary/aromatic N) is 2. The number of rotatable bonds is 6. The third-order valence-corrected chi connectivity index (χ3v) is 6.75. The first kappa shape index (κ1) is 20.9. The molecule has 2 aromatic rings. The zero-order valence-electron chi connectivity index (χ0n) is 14.9. The second-order valence-corrected chi connectivity index (χ2v) is 8.87. The Kier molecular flexibility index (Phi) is 5.62. The lowest BCUT2D eigenvalue weighted by Gasteiger charge is -2.31. The molecule has 0 radical (unpaired) electrons. The Morgan fingerprint density at radius 2 is 1.82 bits per heavy atom. The van der Waals surface area contributed by atoms with Crippen molar-refractivity contribution >= 4 is 21.6 Å². The van der Waals surface area contributed by atoms with Crippen LogP contribution in [0.4, 0.5) is 13.2 Å². The van der Waals surface area contributed by atoms with E-state index in [2.05, 4.69) is 0 Å². The molecule has 1 aliphatic carbocycles. The number of hydrogen-bond donors (Lipinski definition) is 0. The summed E-state index contributed by atoms with van der Waals surface area (Å²) in [7, 11) is -4.57. The average molecular weight is 435 g/mol. The van der Waals surface area contributed by atoms with Gasteiger partial charge >= 0.3 is 6.18 Å². The van der Waals surface area contributed by atoms with Gasteiger partial charge in [0.2, 0.25) is 10.0 Å². The van der Waals surface area contributed by atoms with Gasteiger partial charge in [-0.15, -0.1) is 0 Å².